The number of esters is 1. The SMILES string of the molecule is CC(Cc1cccc(C(F)(F)F)c1)NCCOC(=O)c1ccc(Cl)c(S(N)(=O)=O)c1. The lowest BCUT2D eigenvalue weighted by atomic mass is 10.0. The third-order valence-electron chi connectivity index (χ3n) is 4.10. The average Bonchev–Trinajstić information content (AvgIpc) is 2.64. The first-order valence-electron chi connectivity index (χ1n) is 8.77. The van der Waals surface area contributed by atoms with E-state index in [1.807, 2.05) is 0 Å². The number of carbonyl (C=O) groups is 1. The Kier molecular flexibility index (Phi) is 7.87. The molecule has 0 saturated carbocycles. The molecule has 2 aromatic rings. The maximum Gasteiger partial charge on any atom is 0.416 e. The number of primary sulfonamides is 1. The molecule has 30 heavy (non-hydrogen) atoms. The van der Waals surface area contributed by atoms with Gasteiger partial charge in [-0.1, -0.05) is 29.8 Å². The summed E-state index contributed by atoms with van der Waals surface area (Å²) in [6.45, 7) is 2.01. The molecule has 0 aliphatic rings. The summed E-state index contributed by atoms with van der Waals surface area (Å²) < 4.78 is 66.3. The van der Waals surface area contributed by atoms with Gasteiger partial charge in [0.25, 0.3) is 0 Å². The second-order valence-corrected chi connectivity index (χ2v) is 8.52. The third-order valence-corrected chi connectivity index (χ3v) is 5.49. The second-order valence-electron chi connectivity index (χ2n) is 6.58. The molecule has 0 radical (unpaired) electrons. The van der Waals surface area contributed by atoms with Gasteiger partial charge in [0.1, 0.15) is 11.5 Å². The van der Waals surface area contributed by atoms with Crippen LogP contribution in [0.3, 0.4) is 0 Å². The molecule has 0 heterocycles. The van der Waals surface area contributed by atoms with Gasteiger partial charge in [0, 0.05) is 12.6 Å². The summed E-state index contributed by atoms with van der Waals surface area (Å²) >= 11 is 5.76. The van der Waals surface area contributed by atoms with Crippen molar-refractivity contribution >= 4 is 27.6 Å². The Morgan fingerprint density at radius 2 is 1.93 bits per heavy atom. The van der Waals surface area contributed by atoms with Crippen molar-refractivity contribution in [2.24, 2.45) is 5.14 Å². The highest BCUT2D eigenvalue weighted by Crippen LogP contribution is 2.29. The normalized spacial score (nSPS) is 13.1. The van der Waals surface area contributed by atoms with Gasteiger partial charge < -0.3 is 10.1 Å². The maximum absolute atomic E-state index is 12.8. The van der Waals surface area contributed by atoms with Gasteiger partial charge in [-0.25, -0.2) is 18.4 Å². The summed E-state index contributed by atoms with van der Waals surface area (Å²) in [5.74, 6) is -0.760. The number of halogens is 4. The van der Waals surface area contributed by atoms with Gasteiger partial charge in [-0.15, -0.1) is 0 Å². The standard InChI is InChI=1S/C19H20ClF3N2O4S/c1-12(9-13-3-2-4-15(10-13)19(21,22)23)25-7-8-29-18(26)14-5-6-16(20)17(11-14)30(24,27)28/h2-6,10-12,25H,7-9H2,1H3,(H2,24,27,28). The highest BCUT2D eigenvalue weighted by atomic mass is 35.5. The quantitative estimate of drug-likeness (QED) is 0.461. The molecular weight excluding hydrogens is 445 g/mol. The second kappa shape index (κ2) is 9.78. The first-order valence-corrected chi connectivity index (χ1v) is 10.7. The molecule has 164 valence electrons. The van der Waals surface area contributed by atoms with Crippen LogP contribution in [0.2, 0.25) is 5.02 Å². The number of ether oxygens (including phenoxy) is 1. The van der Waals surface area contributed by atoms with Gasteiger partial charge in [0.05, 0.1) is 16.1 Å². The van der Waals surface area contributed by atoms with Crippen LogP contribution >= 0.6 is 11.6 Å². The van der Waals surface area contributed by atoms with Crippen LogP contribution < -0.4 is 10.5 Å². The smallest absolute Gasteiger partial charge is 0.416 e. The number of nitrogens with two attached hydrogens (primary N) is 1. The molecule has 0 aliphatic heterocycles. The molecule has 11 heteroatoms. The fourth-order valence-electron chi connectivity index (χ4n) is 2.68. The Balaban J connectivity index is 1.84. The van der Waals surface area contributed by atoms with Gasteiger partial charge in [-0.05, 0) is 43.2 Å². The minimum absolute atomic E-state index is 0.0274. The van der Waals surface area contributed by atoms with Crippen LogP contribution in [0.4, 0.5) is 13.2 Å². The van der Waals surface area contributed by atoms with Gasteiger partial charge in [-0.3, -0.25) is 0 Å². The predicted molar refractivity (Wildman–Crippen MR) is 106 cm³/mol. The molecule has 0 fully saturated rings. The summed E-state index contributed by atoms with van der Waals surface area (Å²) in [5, 5.41) is 7.97. The van der Waals surface area contributed by atoms with Crippen molar-refractivity contribution in [3.63, 3.8) is 0 Å². The van der Waals surface area contributed by atoms with Gasteiger partial charge in [0.2, 0.25) is 10.0 Å². The highest BCUT2D eigenvalue weighted by Gasteiger charge is 2.30. The van der Waals surface area contributed by atoms with Gasteiger partial charge in [0.15, 0.2) is 0 Å². The molecule has 6 nitrogen and oxygen atoms in total. The van der Waals surface area contributed by atoms with E-state index in [1.165, 1.54) is 18.2 Å². The molecule has 0 saturated heterocycles. The van der Waals surface area contributed by atoms with Crippen LogP contribution in [0.15, 0.2) is 47.4 Å². The Labute approximate surface area is 177 Å². The molecule has 0 amide bonds. The molecular formula is C19H20ClF3N2O4S. The minimum atomic E-state index is -4.40. The van der Waals surface area contributed by atoms with Crippen LogP contribution in [0.25, 0.3) is 0 Å². The number of rotatable bonds is 8. The molecule has 0 aromatic heterocycles. The van der Waals surface area contributed by atoms with Crippen molar-refractivity contribution in [1.82, 2.24) is 5.32 Å². The summed E-state index contributed by atoms with van der Waals surface area (Å²) in [4.78, 5) is 11.7. The summed E-state index contributed by atoms with van der Waals surface area (Å²) in [5.41, 5.74) is -0.207. The lowest BCUT2D eigenvalue weighted by Gasteiger charge is -2.15. The highest BCUT2D eigenvalue weighted by molar-refractivity contribution is 7.89. The molecule has 2 aromatic carbocycles. The fraction of sp³-hybridized carbons (Fsp3) is 0.316. The number of hydrogen-bond acceptors (Lipinski definition) is 5. The number of alkyl halides is 3. The van der Waals surface area contributed by atoms with Crippen LogP contribution in [0.5, 0.6) is 0 Å². The van der Waals surface area contributed by atoms with Crippen molar-refractivity contribution in [2.75, 3.05) is 13.2 Å². The zero-order chi connectivity index (χ0) is 22.5. The van der Waals surface area contributed by atoms with Gasteiger partial charge in [-0.2, -0.15) is 13.2 Å². The first-order chi connectivity index (χ1) is 13.9. The first kappa shape index (κ1) is 24.1. The predicted octanol–water partition coefficient (Wildman–Crippen LogP) is 3.38. The molecule has 0 spiro atoms. The maximum atomic E-state index is 12.8. The average molecular weight is 465 g/mol. The van der Waals surface area contributed by atoms with Gasteiger partial charge >= 0.3 is 12.1 Å². The molecule has 1 unspecified atom stereocenters. The Morgan fingerprint density at radius 1 is 1.23 bits per heavy atom. The van der Waals surface area contributed by atoms with Crippen LogP contribution in [0.1, 0.15) is 28.4 Å². The molecule has 3 N–H and O–H groups in total. The van der Waals surface area contributed by atoms with Crippen molar-refractivity contribution in [1.29, 1.82) is 0 Å². The Morgan fingerprint density at radius 3 is 2.57 bits per heavy atom. The van der Waals surface area contributed by atoms with E-state index < -0.39 is 27.7 Å². The zero-order valence-corrected chi connectivity index (χ0v) is 17.4. The number of nitrogens with one attached hydrogen (secondary N) is 1. The van der Waals surface area contributed by atoms with Crippen LogP contribution in [-0.4, -0.2) is 33.6 Å². The Bertz CT molecular complexity index is 1010. The number of carbonyl (C=O) groups excluding carboxylic acids is 1. The number of hydrogen-bond donors (Lipinski definition) is 2. The lowest BCUT2D eigenvalue weighted by molar-refractivity contribution is -0.137. The minimum Gasteiger partial charge on any atom is -0.461 e. The van der Waals surface area contributed by atoms with E-state index in [9.17, 15) is 26.4 Å². The van der Waals surface area contributed by atoms with E-state index in [-0.39, 0.29) is 34.7 Å². The van der Waals surface area contributed by atoms with E-state index in [1.54, 1.807) is 13.0 Å². The van der Waals surface area contributed by atoms with Crippen molar-refractivity contribution in [3.05, 3.63) is 64.2 Å². The molecule has 2 rings (SSSR count). The van der Waals surface area contributed by atoms with E-state index >= 15 is 0 Å². The van der Waals surface area contributed by atoms with Crippen molar-refractivity contribution in [3.8, 4) is 0 Å². The van der Waals surface area contributed by atoms with E-state index in [4.69, 9.17) is 21.5 Å². The topological polar surface area (TPSA) is 98.5 Å². The molecule has 1 atom stereocenters. The van der Waals surface area contributed by atoms with E-state index in [0.717, 1.165) is 18.2 Å². The summed E-state index contributed by atoms with van der Waals surface area (Å²) in [7, 11) is -4.09. The summed E-state index contributed by atoms with van der Waals surface area (Å²) in [6, 6.07) is 8.48. The van der Waals surface area contributed by atoms with Crippen molar-refractivity contribution < 1.29 is 31.1 Å². The lowest BCUT2D eigenvalue weighted by Crippen LogP contribution is -2.31. The fourth-order valence-corrected chi connectivity index (χ4v) is 3.75. The molecule has 0 aliphatic carbocycles. The zero-order valence-electron chi connectivity index (χ0n) is 15.9. The van der Waals surface area contributed by atoms with E-state index in [0.29, 0.717) is 12.0 Å². The monoisotopic (exact) mass is 464 g/mol. The largest absolute Gasteiger partial charge is 0.461 e. The number of benzene rings is 2. The van der Waals surface area contributed by atoms with Crippen LogP contribution in [0, 0.1) is 0 Å². The third kappa shape index (κ3) is 6.98. The number of sulfonamides is 1. The summed E-state index contributed by atoms with van der Waals surface area (Å²) in [6.07, 6.45) is -4.04. The van der Waals surface area contributed by atoms with Crippen molar-refractivity contribution in [2.45, 2.75) is 30.5 Å². The Hall–Kier alpha value is -2.14. The van der Waals surface area contributed by atoms with E-state index in [2.05, 4.69) is 5.32 Å². The molecule has 0 bridgehead atoms. The van der Waals surface area contributed by atoms with Crippen LogP contribution in [-0.2, 0) is 27.4 Å².